The molecule has 0 bridgehead atoms. The Morgan fingerprint density at radius 2 is 1.69 bits per heavy atom. The Labute approximate surface area is 199 Å². The molecule has 3 saturated carbocycles. The van der Waals surface area contributed by atoms with Gasteiger partial charge in [0, 0.05) is 0 Å². The summed E-state index contributed by atoms with van der Waals surface area (Å²) in [5.74, 6) is 3.59. The Morgan fingerprint density at radius 1 is 1.00 bits per heavy atom. The van der Waals surface area contributed by atoms with Crippen molar-refractivity contribution < 1.29 is 5.11 Å². The van der Waals surface area contributed by atoms with Crippen molar-refractivity contribution in [1.82, 2.24) is 0 Å². The third kappa shape index (κ3) is 3.34. The van der Waals surface area contributed by atoms with Gasteiger partial charge in [-0.05, 0) is 109 Å². The zero-order valence-electron chi connectivity index (χ0n) is 22.6. The molecule has 2 unspecified atom stereocenters. The average Bonchev–Trinajstić information content (AvgIpc) is 3.00. The summed E-state index contributed by atoms with van der Waals surface area (Å²) in [6.45, 7) is 24.1. The van der Waals surface area contributed by atoms with E-state index in [9.17, 15) is 5.11 Å². The Morgan fingerprint density at radius 3 is 2.34 bits per heavy atom. The largest absolute Gasteiger partial charge is 0.393 e. The predicted molar refractivity (Wildman–Crippen MR) is 137 cm³/mol. The zero-order valence-corrected chi connectivity index (χ0v) is 22.6. The molecule has 0 spiro atoms. The lowest BCUT2D eigenvalue weighted by Gasteiger charge is -2.64. The molecule has 1 N–H and O–H groups in total. The summed E-state index contributed by atoms with van der Waals surface area (Å²) in [5.41, 5.74) is 4.41. The van der Waals surface area contributed by atoms with Gasteiger partial charge in [-0.15, -0.1) is 0 Å². The maximum absolute atomic E-state index is 10.8. The number of rotatable bonds is 5. The maximum Gasteiger partial charge on any atom is 0.0594 e. The zero-order chi connectivity index (χ0) is 23.7. The van der Waals surface area contributed by atoms with E-state index in [2.05, 4.69) is 68.0 Å². The van der Waals surface area contributed by atoms with E-state index in [1.54, 1.807) is 5.57 Å². The normalized spacial score (nSPS) is 46.1. The number of aliphatic hydroxyl groups excluding tert-OH is 1. The van der Waals surface area contributed by atoms with Crippen molar-refractivity contribution in [3.05, 3.63) is 23.8 Å². The SMILES string of the molecule is C=C(CC[C@@H](C)[C@H]1CC[C@@]2(C)C3CCC4C(C)(C)[C@@H](O)CC[C@]4(C)C3=CC[C@]12C)C(C)C. The van der Waals surface area contributed by atoms with Gasteiger partial charge < -0.3 is 5.11 Å². The van der Waals surface area contributed by atoms with Gasteiger partial charge in [0.05, 0.1) is 6.10 Å². The fraction of sp³-hybridized carbons (Fsp3) is 0.871. The van der Waals surface area contributed by atoms with Crippen LogP contribution in [0.5, 0.6) is 0 Å². The van der Waals surface area contributed by atoms with E-state index < -0.39 is 0 Å². The van der Waals surface area contributed by atoms with Crippen LogP contribution in [0.2, 0.25) is 0 Å². The number of allylic oxidation sites excluding steroid dienone is 3. The molecule has 0 radical (unpaired) electrons. The van der Waals surface area contributed by atoms with Crippen LogP contribution in [-0.2, 0) is 0 Å². The van der Waals surface area contributed by atoms with Crippen LogP contribution >= 0.6 is 0 Å². The van der Waals surface area contributed by atoms with Gasteiger partial charge in [-0.2, -0.15) is 0 Å². The van der Waals surface area contributed by atoms with Gasteiger partial charge in [0.25, 0.3) is 0 Å². The van der Waals surface area contributed by atoms with Crippen molar-refractivity contribution in [2.45, 2.75) is 119 Å². The summed E-state index contributed by atoms with van der Waals surface area (Å²) >= 11 is 0. The van der Waals surface area contributed by atoms with Gasteiger partial charge in [0.1, 0.15) is 0 Å². The number of fused-ring (bicyclic) bond motifs is 5. The van der Waals surface area contributed by atoms with Crippen molar-refractivity contribution in [2.75, 3.05) is 0 Å². The molecule has 3 fully saturated rings. The highest BCUT2D eigenvalue weighted by atomic mass is 16.3. The molecule has 0 saturated heterocycles. The Hall–Kier alpha value is -0.560. The molecular weight excluding hydrogens is 388 g/mol. The van der Waals surface area contributed by atoms with E-state index in [-0.39, 0.29) is 16.9 Å². The molecular formula is C31H52O. The Bertz CT molecular complexity index is 773. The Kier molecular flexibility index (Phi) is 6.14. The lowest BCUT2D eigenvalue weighted by atomic mass is 9.41. The molecule has 4 aliphatic rings. The second-order valence-corrected chi connectivity index (χ2v) is 14.1. The average molecular weight is 441 g/mol. The summed E-state index contributed by atoms with van der Waals surface area (Å²) < 4.78 is 0. The third-order valence-electron chi connectivity index (χ3n) is 12.3. The quantitative estimate of drug-likeness (QED) is 0.424. The Balaban J connectivity index is 1.61. The minimum absolute atomic E-state index is 0.0337. The lowest BCUT2D eigenvalue weighted by molar-refractivity contribution is -0.118. The van der Waals surface area contributed by atoms with E-state index >= 15 is 0 Å². The molecule has 32 heavy (non-hydrogen) atoms. The molecule has 0 aliphatic heterocycles. The van der Waals surface area contributed by atoms with Gasteiger partial charge in [0.2, 0.25) is 0 Å². The van der Waals surface area contributed by atoms with Gasteiger partial charge >= 0.3 is 0 Å². The van der Waals surface area contributed by atoms with Crippen molar-refractivity contribution in [2.24, 2.45) is 51.2 Å². The molecule has 0 aromatic rings. The van der Waals surface area contributed by atoms with Crippen LogP contribution in [0.1, 0.15) is 113 Å². The molecule has 0 aromatic carbocycles. The van der Waals surface area contributed by atoms with E-state index in [1.165, 1.54) is 56.9 Å². The second-order valence-electron chi connectivity index (χ2n) is 14.1. The molecule has 8 atom stereocenters. The fourth-order valence-corrected chi connectivity index (χ4v) is 9.57. The van der Waals surface area contributed by atoms with Gasteiger partial charge in [-0.1, -0.05) is 79.2 Å². The minimum Gasteiger partial charge on any atom is -0.393 e. The molecule has 4 aliphatic carbocycles. The van der Waals surface area contributed by atoms with Crippen molar-refractivity contribution in [3.8, 4) is 0 Å². The van der Waals surface area contributed by atoms with Crippen LogP contribution in [0.25, 0.3) is 0 Å². The number of hydrogen-bond donors (Lipinski definition) is 1. The van der Waals surface area contributed by atoms with Gasteiger partial charge in [-0.3, -0.25) is 0 Å². The second kappa shape index (κ2) is 8.00. The van der Waals surface area contributed by atoms with Crippen LogP contribution < -0.4 is 0 Å². The van der Waals surface area contributed by atoms with E-state index in [1.807, 2.05) is 0 Å². The van der Waals surface area contributed by atoms with Crippen LogP contribution in [0.3, 0.4) is 0 Å². The van der Waals surface area contributed by atoms with E-state index in [0.717, 1.165) is 24.2 Å². The fourth-order valence-electron chi connectivity index (χ4n) is 9.57. The standard InChI is InChI=1S/C31H52O/c1-20(2)21(3)10-11-22(4)23-14-18-31(9)25-12-13-26-28(5,6)27(32)16-17-29(26,7)24(25)15-19-30(23,31)8/h15,20,22-23,25-27,32H,3,10-14,16-19H2,1-2,4-9H3/t22-,23-,25?,26?,27+,29-,30-,31+/m1/s1. The van der Waals surface area contributed by atoms with Crippen LogP contribution in [0.15, 0.2) is 23.8 Å². The minimum atomic E-state index is -0.139. The summed E-state index contributed by atoms with van der Waals surface area (Å²) in [5, 5.41) is 10.8. The highest BCUT2D eigenvalue weighted by Gasteiger charge is 2.65. The maximum atomic E-state index is 10.8. The number of hydrogen-bond acceptors (Lipinski definition) is 1. The predicted octanol–water partition coefficient (Wildman–Crippen LogP) is 8.58. The summed E-state index contributed by atoms with van der Waals surface area (Å²) in [7, 11) is 0. The molecule has 0 aromatic heterocycles. The van der Waals surface area contributed by atoms with E-state index in [4.69, 9.17) is 0 Å². The van der Waals surface area contributed by atoms with Crippen molar-refractivity contribution in [1.29, 1.82) is 0 Å². The molecule has 1 nitrogen and oxygen atoms in total. The number of aliphatic hydroxyl groups is 1. The van der Waals surface area contributed by atoms with Gasteiger partial charge in [0.15, 0.2) is 0 Å². The first-order chi connectivity index (χ1) is 14.8. The molecule has 1 heteroatoms. The van der Waals surface area contributed by atoms with Crippen molar-refractivity contribution in [3.63, 3.8) is 0 Å². The van der Waals surface area contributed by atoms with Crippen LogP contribution in [0.4, 0.5) is 0 Å². The smallest absolute Gasteiger partial charge is 0.0594 e. The highest BCUT2D eigenvalue weighted by molar-refractivity contribution is 5.32. The molecule has 182 valence electrons. The van der Waals surface area contributed by atoms with Gasteiger partial charge in [-0.25, -0.2) is 0 Å². The summed E-state index contributed by atoms with van der Waals surface area (Å²) in [6.07, 6.45) is 14.0. The lowest BCUT2D eigenvalue weighted by Crippen LogP contribution is -2.57. The first-order valence-corrected chi connectivity index (χ1v) is 13.9. The summed E-state index contributed by atoms with van der Waals surface area (Å²) in [6, 6.07) is 0. The monoisotopic (exact) mass is 440 g/mol. The first kappa shape index (κ1) is 24.6. The van der Waals surface area contributed by atoms with E-state index in [0.29, 0.717) is 22.7 Å². The van der Waals surface area contributed by atoms with Crippen LogP contribution in [-0.4, -0.2) is 11.2 Å². The highest BCUT2D eigenvalue weighted by Crippen LogP contribution is 2.73. The topological polar surface area (TPSA) is 20.2 Å². The summed E-state index contributed by atoms with van der Waals surface area (Å²) in [4.78, 5) is 0. The third-order valence-corrected chi connectivity index (χ3v) is 12.3. The van der Waals surface area contributed by atoms with Crippen LogP contribution in [0, 0.1) is 51.2 Å². The van der Waals surface area contributed by atoms with Crippen molar-refractivity contribution >= 4 is 0 Å². The first-order valence-electron chi connectivity index (χ1n) is 13.9. The molecule has 0 heterocycles. The molecule has 0 amide bonds. The molecule has 4 rings (SSSR count).